The molecule has 2 saturated heterocycles. The first-order valence-electron chi connectivity index (χ1n) is 16.9. The third-order valence-corrected chi connectivity index (χ3v) is 9.01. The van der Waals surface area contributed by atoms with E-state index in [4.69, 9.17) is 20.3 Å². The fourth-order valence-electron chi connectivity index (χ4n) is 4.91. The van der Waals surface area contributed by atoms with Crippen LogP contribution in [-0.2, 0) is 9.47 Å². The number of carbonyl (C=O) groups is 2. The van der Waals surface area contributed by atoms with Crippen molar-refractivity contribution in [2.24, 2.45) is 16.6 Å². The molecule has 2 fully saturated rings. The Labute approximate surface area is 306 Å². The quantitative estimate of drug-likeness (QED) is 0.140. The Kier molecular flexibility index (Phi) is 14.3. The van der Waals surface area contributed by atoms with E-state index in [0.29, 0.717) is 41.9 Å². The standard InChI is InChI=1S/C21H19F2NO2.C15H8F2O2.C6H13NO/c1-2-21(13-26-14-21)12-24-20(25)17-7-4-15(5-8-17)3-6-16-9-10-18(22)11-19(16)23;16-13-8-7-11(14(17)9-13)4-1-10-2-5-12(6-3-10)15(18)19;1-2-6(3-7)4-8-5-6/h4-5,7-11H,2,12-14H2,1H3,(H,24,25);2-3,5-9H,(H,18,19);2-5,7H2,1H3. The Balaban J connectivity index is 0.000000202. The molecule has 0 atom stereocenters. The predicted molar refractivity (Wildman–Crippen MR) is 193 cm³/mol. The summed E-state index contributed by atoms with van der Waals surface area (Å²) in [6.45, 7) is 8.73. The number of carboxylic acid groups (broad SMARTS) is 1. The van der Waals surface area contributed by atoms with Gasteiger partial charge in [0, 0.05) is 52.7 Å². The Morgan fingerprint density at radius 2 is 1.11 bits per heavy atom. The number of benzene rings is 4. The van der Waals surface area contributed by atoms with Crippen molar-refractivity contribution in [3.05, 3.63) is 142 Å². The molecule has 11 heteroatoms. The van der Waals surface area contributed by atoms with Gasteiger partial charge in [0.05, 0.1) is 43.1 Å². The summed E-state index contributed by atoms with van der Waals surface area (Å²) in [6, 6.07) is 19.0. The Hall–Kier alpha value is -5.46. The number of hydrogen-bond donors (Lipinski definition) is 3. The Morgan fingerprint density at radius 3 is 1.43 bits per heavy atom. The van der Waals surface area contributed by atoms with Gasteiger partial charge in [0.15, 0.2) is 0 Å². The monoisotopic (exact) mass is 728 g/mol. The highest BCUT2D eigenvalue weighted by molar-refractivity contribution is 5.94. The maximum atomic E-state index is 13.6. The number of carboxylic acids is 1. The van der Waals surface area contributed by atoms with Gasteiger partial charge in [-0.15, -0.1) is 0 Å². The van der Waals surface area contributed by atoms with Crippen molar-refractivity contribution in [3.8, 4) is 23.7 Å². The minimum Gasteiger partial charge on any atom is -0.478 e. The van der Waals surface area contributed by atoms with Crippen molar-refractivity contribution in [3.63, 3.8) is 0 Å². The lowest BCUT2D eigenvalue weighted by Crippen LogP contribution is -2.50. The van der Waals surface area contributed by atoms with Crippen LogP contribution < -0.4 is 11.1 Å². The lowest BCUT2D eigenvalue weighted by atomic mass is 9.83. The van der Waals surface area contributed by atoms with E-state index in [1.165, 1.54) is 36.4 Å². The van der Waals surface area contributed by atoms with E-state index < -0.39 is 29.2 Å². The Morgan fingerprint density at radius 1 is 0.679 bits per heavy atom. The van der Waals surface area contributed by atoms with Crippen LogP contribution in [0.15, 0.2) is 84.9 Å². The van der Waals surface area contributed by atoms with Crippen molar-refractivity contribution >= 4 is 11.9 Å². The highest BCUT2D eigenvalue weighted by Gasteiger charge is 2.37. The van der Waals surface area contributed by atoms with Gasteiger partial charge in [0.1, 0.15) is 23.3 Å². The topological polar surface area (TPSA) is 111 Å². The molecule has 4 aromatic carbocycles. The van der Waals surface area contributed by atoms with Gasteiger partial charge < -0.3 is 25.6 Å². The minimum atomic E-state index is -1.02. The van der Waals surface area contributed by atoms with Crippen LogP contribution in [0.5, 0.6) is 0 Å². The lowest BCUT2D eigenvalue weighted by Gasteiger charge is -2.40. The Bertz CT molecular complexity index is 1980. The molecular formula is C42H40F4N2O5. The lowest BCUT2D eigenvalue weighted by molar-refractivity contribution is -0.111. The summed E-state index contributed by atoms with van der Waals surface area (Å²) >= 11 is 0. The van der Waals surface area contributed by atoms with Crippen molar-refractivity contribution in [2.45, 2.75) is 26.7 Å². The second-order valence-electron chi connectivity index (χ2n) is 12.8. The SMILES string of the molecule is CCC1(CN)COC1.CCC1(CNC(=O)c2ccc(C#Cc3ccc(F)cc3F)cc2)COC1.O=C(O)c1ccc(C#Cc2ccc(F)cc2F)cc1. The molecule has 2 aliphatic rings. The summed E-state index contributed by atoms with van der Waals surface area (Å²) in [5.41, 5.74) is 8.01. The number of nitrogens with two attached hydrogens (primary N) is 1. The molecule has 2 heterocycles. The van der Waals surface area contributed by atoms with E-state index >= 15 is 0 Å². The number of nitrogens with one attached hydrogen (secondary N) is 1. The summed E-state index contributed by atoms with van der Waals surface area (Å²) in [6.07, 6.45) is 2.12. The molecule has 0 aliphatic carbocycles. The van der Waals surface area contributed by atoms with Gasteiger partial charge in [-0.3, -0.25) is 4.79 Å². The van der Waals surface area contributed by atoms with E-state index in [2.05, 4.69) is 42.8 Å². The summed E-state index contributed by atoms with van der Waals surface area (Å²) in [5.74, 6) is 6.84. The van der Waals surface area contributed by atoms with Crippen LogP contribution in [0.25, 0.3) is 0 Å². The predicted octanol–water partition coefficient (Wildman–Crippen LogP) is 6.96. The van der Waals surface area contributed by atoms with Crippen LogP contribution in [0, 0.1) is 57.8 Å². The molecule has 2 aliphatic heterocycles. The second-order valence-corrected chi connectivity index (χ2v) is 12.8. The van der Waals surface area contributed by atoms with Gasteiger partial charge in [-0.05, 0) is 85.6 Å². The number of ether oxygens (including phenoxy) is 2. The van der Waals surface area contributed by atoms with Crippen LogP contribution in [0.3, 0.4) is 0 Å². The number of rotatable bonds is 7. The molecule has 0 saturated carbocycles. The summed E-state index contributed by atoms with van der Waals surface area (Å²) < 4.78 is 62.7. The molecule has 0 bridgehead atoms. The third kappa shape index (κ3) is 11.5. The zero-order valence-corrected chi connectivity index (χ0v) is 29.4. The first-order valence-corrected chi connectivity index (χ1v) is 16.9. The maximum absolute atomic E-state index is 13.6. The summed E-state index contributed by atoms with van der Waals surface area (Å²) in [7, 11) is 0. The van der Waals surface area contributed by atoms with Crippen molar-refractivity contribution in [1.29, 1.82) is 0 Å². The van der Waals surface area contributed by atoms with Gasteiger partial charge in [-0.1, -0.05) is 37.5 Å². The fourth-order valence-corrected chi connectivity index (χ4v) is 4.91. The molecule has 276 valence electrons. The molecule has 4 N–H and O–H groups in total. The number of hydrogen-bond acceptors (Lipinski definition) is 5. The molecule has 0 unspecified atom stereocenters. The van der Waals surface area contributed by atoms with Gasteiger partial charge in [0.2, 0.25) is 0 Å². The zero-order chi connectivity index (χ0) is 38.4. The van der Waals surface area contributed by atoms with Crippen LogP contribution in [0.4, 0.5) is 17.6 Å². The number of aromatic carboxylic acids is 1. The molecular weight excluding hydrogens is 688 g/mol. The maximum Gasteiger partial charge on any atom is 0.335 e. The van der Waals surface area contributed by atoms with E-state index in [1.807, 2.05) is 0 Å². The third-order valence-electron chi connectivity index (χ3n) is 9.01. The molecule has 0 spiro atoms. The molecule has 4 aromatic rings. The number of halogens is 4. The van der Waals surface area contributed by atoms with E-state index in [-0.39, 0.29) is 28.0 Å². The minimum absolute atomic E-state index is 0.0559. The van der Waals surface area contributed by atoms with Gasteiger partial charge in [-0.2, -0.15) is 0 Å². The van der Waals surface area contributed by atoms with Crippen molar-refractivity contribution in [2.75, 3.05) is 39.5 Å². The molecule has 0 radical (unpaired) electrons. The van der Waals surface area contributed by atoms with Crippen LogP contribution in [0.1, 0.15) is 69.7 Å². The zero-order valence-electron chi connectivity index (χ0n) is 29.4. The van der Waals surface area contributed by atoms with Gasteiger partial charge in [-0.25, -0.2) is 22.4 Å². The molecule has 7 nitrogen and oxygen atoms in total. The molecule has 53 heavy (non-hydrogen) atoms. The highest BCUT2D eigenvalue weighted by atomic mass is 19.1. The van der Waals surface area contributed by atoms with Gasteiger partial charge in [0.25, 0.3) is 5.91 Å². The fraction of sp³-hybridized carbons (Fsp3) is 0.286. The smallest absolute Gasteiger partial charge is 0.335 e. The summed E-state index contributed by atoms with van der Waals surface area (Å²) in [5, 5.41) is 11.7. The van der Waals surface area contributed by atoms with Crippen molar-refractivity contribution in [1.82, 2.24) is 5.32 Å². The second kappa shape index (κ2) is 18.9. The highest BCUT2D eigenvalue weighted by Crippen LogP contribution is 2.30. The number of carbonyl (C=O) groups excluding carboxylic acids is 1. The van der Waals surface area contributed by atoms with Gasteiger partial charge >= 0.3 is 5.97 Å². The largest absolute Gasteiger partial charge is 0.478 e. The van der Waals surface area contributed by atoms with E-state index in [0.717, 1.165) is 56.9 Å². The van der Waals surface area contributed by atoms with E-state index in [1.54, 1.807) is 24.3 Å². The van der Waals surface area contributed by atoms with Crippen LogP contribution in [0.2, 0.25) is 0 Å². The van der Waals surface area contributed by atoms with Crippen molar-refractivity contribution < 1.29 is 41.7 Å². The molecule has 0 aromatic heterocycles. The first kappa shape index (κ1) is 40.3. The molecule has 1 amide bonds. The van der Waals surface area contributed by atoms with E-state index in [9.17, 15) is 27.2 Å². The first-order chi connectivity index (χ1) is 25.4. The summed E-state index contributed by atoms with van der Waals surface area (Å²) in [4.78, 5) is 22.9. The van der Waals surface area contributed by atoms with Crippen LogP contribution in [-0.4, -0.2) is 56.5 Å². The normalized spacial score (nSPS) is 14.4. The van der Waals surface area contributed by atoms with Crippen LogP contribution >= 0.6 is 0 Å². The number of amides is 1. The average molecular weight is 729 g/mol. The molecule has 6 rings (SSSR count). The average Bonchev–Trinajstić information content (AvgIpc) is 3.11.